The molecule has 1 fully saturated rings. The van der Waals surface area contributed by atoms with Gasteiger partial charge in [0.1, 0.15) is 0 Å². The zero-order chi connectivity index (χ0) is 11.8. The molecule has 0 saturated carbocycles. The Labute approximate surface area is 113 Å². The predicted octanol–water partition coefficient (Wildman–Crippen LogP) is 2.60. The maximum absolute atomic E-state index is 12.2. The van der Waals surface area contributed by atoms with Gasteiger partial charge in [-0.25, -0.2) is 0 Å². The molecule has 1 aromatic rings. The maximum atomic E-state index is 12.2. The van der Waals surface area contributed by atoms with Crippen LogP contribution in [0.15, 0.2) is 11.4 Å². The van der Waals surface area contributed by atoms with Crippen LogP contribution in [0.3, 0.4) is 0 Å². The summed E-state index contributed by atoms with van der Waals surface area (Å²) in [7, 11) is 0. The Balaban J connectivity index is 2.10. The molecule has 88 valence electrons. The first kappa shape index (κ1) is 12.3. The van der Waals surface area contributed by atoms with Crippen LogP contribution >= 0.6 is 33.9 Å². The second-order valence-electron chi connectivity index (χ2n) is 4.47. The molecule has 0 atom stereocenters. The van der Waals surface area contributed by atoms with Crippen LogP contribution in [0, 0.1) is 2.88 Å². The van der Waals surface area contributed by atoms with Crippen molar-refractivity contribution in [3.05, 3.63) is 19.9 Å². The molecule has 2 heterocycles. The highest BCUT2D eigenvalue weighted by Gasteiger charge is 2.30. The number of nitrogens with zero attached hydrogens (tertiary/aromatic N) is 1. The Morgan fingerprint density at radius 3 is 2.94 bits per heavy atom. The normalized spacial score (nSPS) is 19.8. The van der Waals surface area contributed by atoms with E-state index in [1.807, 2.05) is 30.2 Å². The molecule has 0 aromatic carbocycles. The van der Waals surface area contributed by atoms with Crippen LogP contribution < -0.4 is 0 Å². The SMILES string of the molecule is CC1(C)CN(C(=O)c2csc(I)c2)CCO1. The summed E-state index contributed by atoms with van der Waals surface area (Å²) in [5, 5.41) is 1.92. The number of carbonyl (C=O) groups is 1. The lowest BCUT2D eigenvalue weighted by atomic mass is 10.1. The number of carbonyl (C=O) groups excluding carboxylic acids is 1. The highest BCUT2D eigenvalue weighted by molar-refractivity contribution is 14.1. The van der Waals surface area contributed by atoms with Gasteiger partial charge in [-0.1, -0.05) is 0 Å². The molecule has 0 radical (unpaired) electrons. The largest absolute Gasteiger partial charge is 0.372 e. The van der Waals surface area contributed by atoms with Crippen molar-refractivity contribution in [3.63, 3.8) is 0 Å². The van der Waals surface area contributed by atoms with Gasteiger partial charge in [0.25, 0.3) is 5.91 Å². The van der Waals surface area contributed by atoms with Gasteiger partial charge in [-0.2, -0.15) is 0 Å². The van der Waals surface area contributed by atoms with E-state index in [1.165, 1.54) is 0 Å². The van der Waals surface area contributed by atoms with Crippen molar-refractivity contribution in [1.82, 2.24) is 4.90 Å². The Hall–Kier alpha value is -0.140. The van der Waals surface area contributed by atoms with E-state index < -0.39 is 0 Å². The molecule has 1 aliphatic heterocycles. The summed E-state index contributed by atoms with van der Waals surface area (Å²) in [5.41, 5.74) is 0.573. The van der Waals surface area contributed by atoms with Crippen LogP contribution in [-0.2, 0) is 4.74 Å². The van der Waals surface area contributed by atoms with Gasteiger partial charge in [0, 0.05) is 18.5 Å². The standard InChI is InChI=1S/C11H14INO2S/c1-11(2)7-13(3-4-15-11)10(14)8-5-9(12)16-6-8/h5-6H,3-4,7H2,1-2H3. The summed E-state index contributed by atoms with van der Waals surface area (Å²) >= 11 is 3.84. The van der Waals surface area contributed by atoms with Gasteiger partial charge in [0.05, 0.1) is 20.7 Å². The second kappa shape index (κ2) is 4.62. The number of ether oxygens (including phenoxy) is 1. The van der Waals surface area contributed by atoms with E-state index in [2.05, 4.69) is 22.6 Å². The summed E-state index contributed by atoms with van der Waals surface area (Å²) < 4.78 is 6.74. The van der Waals surface area contributed by atoms with Crippen LogP contribution in [0.4, 0.5) is 0 Å². The average Bonchev–Trinajstić information content (AvgIpc) is 2.62. The van der Waals surface area contributed by atoms with Gasteiger partial charge < -0.3 is 9.64 Å². The molecule has 1 aliphatic rings. The fourth-order valence-corrected chi connectivity index (χ4v) is 3.11. The Morgan fingerprint density at radius 2 is 2.38 bits per heavy atom. The minimum Gasteiger partial charge on any atom is -0.372 e. The zero-order valence-corrected chi connectivity index (χ0v) is 12.3. The van der Waals surface area contributed by atoms with Crippen molar-refractivity contribution in [3.8, 4) is 0 Å². The lowest BCUT2D eigenvalue weighted by Crippen LogP contribution is -2.50. The Bertz CT molecular complexity index is 402. The van der Waals surface area contributed by atoms with Crippen LogP contribution in [0.2, 0.25) is 0 Å². The summed E-state index contributed by atoms with van der Waals surface area (Å²) in [6.07, 6.45) is 0. The van der Waals surface area contributed by atoms with E-state index in [0.29, 0.717) is 19.7 Å². The molecule has 5 heteroatoms. The van der Waals surface area contributed by atoms with Crippen molar-refractivity contribution in [2.75, 3.05) is 19.7 Å². The second-order valence-corrected chi connectivity index (χ2v) is 7.28. The third-order valence-electron chi connectivity index (χ3n) is 2.53. The lowest BCUT2D eigenvalue weighted by Gasteiger charge is -2.38. The number of hydrogen-bond acceptors (Lipinski definition) is 3. The number of morpholine rings is 1. The molecule has 0 N–H and O–H groups in total. The van der Waals surface area contributed by atoms with Crippen molar-refractivity contribution < 1.29 is 9.53 Å². The fraction of sp³-hybridized carbons (Fsp3) is 0.545. The predicted molar refractivity (Wildman–Crippen MR) is 73.0 cm³/mol. The molecule has 0 spiro atoms. The van der Waals surface area contributed by atoms with E-state index in [9.17, 15) is 4.79 Å². The first-order valence-electron chi connectivity index (χ1n) is 5.15. The van der Waals surface area contributed by atoms with Gasteiger partial charge in [-0.15, -0.1) is 11.3 Å². The summed E-state index contributed by atoms with van der Waals surface area (Å²) in [5.74, 6) is 0.121. The van der Waals surface area contributed by atoms with Crippen molar-refractivity contribution in [1.29, 1.82) is 0 Å². The number of halogens is 1. The lowest BCUT2D eigenvalue weighted by molar-refractivity contribution is -0.0763. The molecule has 0 aliphatic carbocycles. The summed E-state index contributed by atoms with van der Waals surface area (Å²) in [6, 6.07) is 1.94. The smallest absolute Gasteiger partial charge is 0.254 e. The van der Waals surface area contributed by atoms with Gasteiger partial charge in [-0.05, 0) is 42.5 Å². The van der Waals surface area contributed by atoms with E-state index in [1.54, 1.807) is 11.3 Å². The van der Waals surface area contributed by atoms with Crippen molar-refractivity contribution in [2.24, 2.45) is 0 Å². The molecule has 1 aromatic heterocycles. The van der Waals surface area contributed by atoms with Crippen LogP contribution in [-0.4, -0.2) is 36.1 Å². The van der Waals surface area contributed by atoms with E-state index in [-0.39, 0.29) is 11.5 Å². The molecular weight excluding hydrogens is 337 g/mol. The minimum atomic E-state index is -0.225. The molecule has 3 nitrogen and oxygen atoms in total. The highest BCUT2D eigenvalue weighted by atomic mass is 127. The van der Waals surface area contributed by atoms with E-state index >= 15 is 0 Å². The Morgan fingerprint density at radius 1 is 1.62 bits per heavy atom. The topological polar surface area (TPSA) is 29.5 Å². The number of hydrogen-bond donors (Lipinski definition) is 0. The van der Waals surface area contributed by atoms with Crippen LogP contribution in [0.1, 0.15) is 24.2 Å². The van der Waals surface area contributed by atoms with Crippen LogP contribution in [0.25, 0.3) is 0 Å². The first-order valence-corrected chi connectivity index (χ1v) is 7.11. The molecule has 1 saturated heterocycles. The maximum Gasteiger partial charge on any atom is 0.254 e. The monoisotopic (exact) mass is 351 g/mol. The van der Waals surface area contributed by atoms with Gasteiger partial charge in [-0.3, -0.25) is 4.79 Å². The third kappa shape index (κ3) is 2.75. The fourth-order valence-electron chi connectivity index (χ4n) is 1.79. The van der Waals surface area contributed by atoms with Gasteiger partial charge in [0.2, 0.25) is 0 Å². The summed E-state index contributed by atoms with van der Waals surface area (Å²) in [6.45, 7) is 6.01. The van der Waals surface area contributed by atoms with Crippen LogP contribution in [0.5, 0.6) is 0 Å². The number of thiophene rings is 1. The van der Waals surface area contributed by atoms with E-state index in [0.717, 1.165) is 8.45 Å². The van der Waals surface area contributed by atoms with Gasteiger partial charge in [0.15, 0.2) is 0 Å². The van der Waals surface area contributed by atoms with Crippen molar-refractivity contribution in [2.45, 2.75) is 19.4 Å². The molecular formula is C11H14INO2S. The van der Waals surface area contributed by atoms with E-state index in [4.69, 9.17) is 4.74 Å². The quantitative estimate of drug-likeness (QED) is 0.728. The number of rotatable bonds is 1. The highest BCUT2D eigenvalue weighted by Crippen LogP contribution is 2.21. The average molecular weight is 351 g/mol. The molecule has 1 amide bonds. The molecule has 0 unspecified atom stereocenters. The molecule has 0 bridgehead atoms. The van der Waals surface area contributed by atoms with Crippen molar-refractivity contribution >= 4 is 39.8 Å². The Kier molecular flexibility index (Phi) is 3.56. The molecule has 16 heavy (non-hydrogen) atoms. The minimum absolute atomic E-state index is 0.121. The number of amides is 1. The first-order chi connectivity index (χ1) is 7.48. The summed E-state index contributed by atoms with van der Waals surface area (Å²) in [4.78, 5) is 14.1. The third-order valence-corrected chi connectivity index (χ3v) is 4.32. The molecule has 2 rings (SSSR count). The van der Waals surface area contributed by atoms with Gasteiger partial charge >= 0.3 is 0 Å². The zero-order valence-electron chi connectivity index (χ0n) is 9.33.